The summed E-state index contributed by atoms with van der Waals surface area (Å²) in [5, 5.41) is 2.57. The minimum absolute atomic E-state index is 0.176. The van der Waals surface area contributed by atoms with E-state index in [-0.39, 0.29) is 6.54 Å². The average Bonchev–Trinajstić information content (AvgIpc) is 2.31. The molecule has 0 unspecified atom stereocenters. The predicted octanol–water partition coefficient (Wildman–Crippen LogP) is 2.94. The van der Waals surface area contributed by atoms with Crippen LogP contribution in [0.2, 0.25) is 0 Å². The molecule has 1 aromatic rings. The van der Waals surface area contributed by atoms with Crippen LogP contribution < -0.4 is 5.32 Å². The van der Waals surface area contributed by atoms with Crippen LogP contribution in [0.25, 0.3) is 0 Å². The van der Waals surface area contributed by atoms with Gasteiger partial charge in [0.2, 0.25) is 5.91 Å². The summed E-state index contributed by atoms with van der Waals surface area (Å²) in [7, 11) is 1.46. The Morgan fingerprint density at radius 1 is 1.33 bits per heavy atom. The van der Waals surface area contributed by atoms with Crippen LogP contribution in [-0.4, -0.2) is 36.1 Å². The second-order valence-corrected chi connectivity index (χ2v) is 5.84. The molecule has 0 aliphatic heterocycles. The Morgan fingerprint density at radius 3 is 2.52 bits per heavy atom. The number of carbonyl (C=O) groups is 2. The number of amides is 2. The standard InChI is InChI=1S/C15H21FN2O3/c1-10-6-7-11(16)8-12(10)17-13(19)9-18(5)14(20)21-15(2,3)4/h6-8H,9H2,1-5H3,(H,17,19). The molecule has 0 saturated carbocycles. The molecule has 0 saturated heterocycles. The van der Waals surface area contributed by atoms with Gasteiger partial charge in [0.15, 0.2) is 0 Å². The van der Waals surface area contributed by atoms with Gasteiger partial charge in [-0.3, -0.25) is 4.79 Å². The highest BCUT2D eigenvalue weighted by Crippen LogP contribution is 2.16. The van der Waals surface area contributed by atoms with Crippen molar-refractivity contribution in [3.05, 3.63) is 29.6 Å². The SMILES string of the molecule is Cc1ccc(F)cc1NC(=O)CN(C)C(=O)OC(C)(C)C. The molecule has 116 valence electrons. The lowest BCUT2D eigenvalue weighted by Gasteiger charge is -2.24. The fourth-order valence-corrected chi connectivity index (χ4v) is 1.54. The molecule has 0 aliphatic carbocycles. The number of nitrogens with one attached hydrogen (secondary N) is 1. The van der Waals surface area contributed by atoms with Gasteiger partial charge in [0, 0.05) is 12.7 Å². The molecule has 6 heteroatoms. The van der Waals surface area contributed by atoms with Crippen LogP contribution in [-0.2, 0) is 9.53 Å². The smallest absolute Gasteiger partial charge is 0.410 e. The third-order valence-corrected chi connectivity index (χ3v) is 2.56. The number of halogens is 1. The second kappa shape index (κ2) is 6.56. The predicted molar refractivity (Wildman–Crippen MR) is 78.6 cm³/mol. The molecule has 21 heavy (non-hydrogen) atoms. The lowest BCUT2D eigenvalue weighted by molar-refractivity contribution is -0.117. The summed E-state index contributed by atoms with van der Waals surface area (Å²) in [4.78, 5) is 24.8. The zero-order valence-corrected chi connectivity index (χ0v) is 13.0. The van der Waals surface area contributed by atoms with E-state index in [0.29, 0.717) is 5.69 Å². The van der Waals surface area contributed by atoms with E-state index in [1.54, 1.807) is 33.8 Å². The van der Waals surface area contributed by atoms with Crippen molar-refractivity contribution in [1.82, 2.24) is 4.90 Å². The fraction of sp³-hybridized carbons (Fsp3) is 0.467. The Hall–Kier alpha value is -2.11. The summed E-state index contributed by atoms with van der Waals surface area (Å²) in [5.41, 5.74) is 0.503. The number of carbonyl (C=O) groups excluding carboxylic acids is 2. The van der Waals surface area contributed by atoms with Gasteiger partial charge in [-0.25, -0.2) is 9.18 Å². The van der Waals surface area contributed by atoms with Crippen molar-refractivity contribution >= 4 is 17.7 Å². The zero-order chi connectivity index (χ0) is 16.2. The van der Waals surface area contributed by atoms with E-state index in [1.165, 1.54) is 19.2 Å². The fourth-order valence-electron chi connectivity index (χ4n) is 1.54. The molecule has 0 bridgehead atoms. The minimum Gasteiger partial charge on any atom is -0.444 e. The van der Waals surface area contributed by atoms with Gasteiger partial charge < -0.3 is 15.0 Å². The number of hydrogen-bond acceptors (Lipinski definition) is 3. The first kappa shape index (κ1) is 16.9. The number of likely N-dealkylation sites (N-methyl/N-ethyl adjacent to an activating group) is 1. The van der Waals surface area contributed by atoms with E-state index >= 15 is 0 Å². The van der Waals surface area contributed by atoms with Crippen molar-refractivity contribution in [2.75, 3.05) is 18.9 Å². The van der Waals surface area contributed by atoms with Crippen LogP contribution in [0.5, 0.6) is 0 Å². The molecule has 0 aromatic heterocycles. The van der Waals surface area contributed by atoms with E-state index < -0.39 is 23.4 Å². The number of ether oxygens (including phenoxy) is 1. The van der Waals surface area contributed by atoms with Crippen LogP contribution >= 0.6 is 0 Å². The van der Waals surface area contributed by atoms with Crippen LogP contribution in [0.15, 0.2) is 18.2 Å². The molecule has 0 fully saturated rings. The molecular weight excluding hydrogens is 275 g/mol. The molecule has 0 radical (unpaired) electrons. The number of anilines is 1. The third kappa shape index (κ3) is 5.81. The minimum atomic E-state index is -0.624. The van der Waals surface area contributed by atoms with Gasteiger partial charge >= 0.3 is 6.09 Å². The highest BCUT2D eigenvalue weighted by molar-refractivity contribution is 5.94. The highest BCUT2D eigenvalue weighted by Gasteiger charge is 2.21. The summed E-state index contributed by atoms with van der Waals surface area (Å²) >= 11 is 0. The van der Waals surface area contributed by atoms with Crippen molar-refractivity contribution in [2.45, 2.75) is 33.3 Å². The number of nitrogens with zero attached hydrogens (tertiary/aromatic N) is 1. The molecule has 2 amide bonds. The normalized spacial score (nSPS) is 11.0. The molecule has 0 aliphatic rings. The maximum Gasteiger partial charge on any atom is 0.410 e. The van der Waals surface area contributed by atoms with E-state index in [0.717, 1.165) is 10.5 Å². The molecule has 0 spiro atoms. The largest absolute Gasteiger partial charge is 0.444 e. The maximum atomic E-state index is 13.1. The van der Waals surface area contributed by atoms with Crippen molar-refractivity contribution in [3.63, 3.8) is 0 Å². The van der Waals surface area contributed by atoms with Crippen LogP contribution in [0.4, 0.5) is 14.9 Å². The number of hydrogen-bond donors (Lipinski definition) is 1. The summed E-state index contributed by atoms with van der Waals surface area (Å²) in [5.74, 6) is -0.853. The summed E-state index contributed by atoms with van der Waals surface area (Å²) in [6.07, 6.45) is -0.589. The molecule has 1 rings (SSSR count). The molecular formula is C15H21FN2O3. The van der Waals surface area contributed by atoms with Crippen LogP contribution in [0.3, 0.4) is 0 Å². The van der Waals surface area contributed by atoms with E-state index in [9.17, 15) is 14.0 Å². The first-order chi connectivity index (χ1) is 9.58. The van der Waals surface area contributed by atoms with Crippen LogP contribution in [0.1, 0.15) is 26.3 Å². The molecule has 0 atom stereocenters. The first-order valence-electron chi connectivity index (χ1n) is 6.58. The van der Waals surface area contributed by atoms with Gasteiger partial charge in [-0.2, -0.15) is 0 Å². The Balaban J connectivity index is 2.61. The monoisotopic (exact) mass is 296 g/mol. The number of rotatable bonds is 3. The first-order valence-corrected chi connectivity index (χ1v) is 6.58. The van der Waals surface area contributed by atoms with Gasteiger partial charge in [-0.05, 0) is 45.4 Å². The van der Waals surface area contributed by atoms with Gasteiger partial charge in [0.25, 0.3) is 0 Å². The van der Waals surface area contributed by atoms with Gasteiger partial charge in [-0.1, -0.05) is 6.07 Å². The van der Waals surface area contributed by atoms with E-state index in [2.05, 4.69) is 5.32 Å². The summed E-state index contributed by atoms with van der Waals surface area (Å²) in [6.45, 7) is 6.82. The average molecular weight is 296 g/mol. The lowest BCUT2D eigenvalue weighted by Crippen LogP contribution is -2.38. The van der Waals surface area contributed by atoms with Gasteiger partial charge in [-0.15, -0.1) is 0 Å². The zero-order valence-electron chi connectivity index (χ0n) is 13.0. The van der Waals surface area contributed by atoms with Gasteiger partial charge in [0.1, 0.15) is 18.0 Å². The van der Waals surface area contributed by atoms with Crippen LogP contribution in [0, 0.1) is 12.7 Å². The Morgan fingerprint density at radius 2 is 1.95 bits per heavy atom. The van der Waals surface area contributed by atoms with Gasteiger partial charge in [0.05, 0.1) is 0 Å². The molecule has 1 N–H and O–H groups in total. The van der Waals surface area contributed by atoms with Crippen molar-refractivity contribution in [3.8, 4) is 0 Å². The molecule has 1 aromatic carbocycles. The summed E-state index contributed by atoms with van der Waals surface area (Å²) < 4.78 is 18.3. The Kier molecular flexibility index (Phi) is 5.29. The Bertz CT molecular complexity index is 538. The van der Waals surface area contributed by atoms with E-state index in [1.807, 2.05) is 0 Å². The third-order valence-electron chi connectivity index (χ3n) is 2.56. The summed E-state index contributed by atoms with van der Waals surface area (Å²) in [6, 6.07) is 4.13. The highest BCUT2D eigenvalue weighted by atomic mass is 19.1. The molecule has 5 nitrogen and oxygen atoms in total. The van der Waals surface area contributed by atoms with Crippen molar-refractivity contribution in [2.24, 2.45) is 0 Å². The second-order valence-electron chi connectivity index (χ2n) is 5.84. The maximum absolute atomic E-state index is 13.1. The quantitative estimate of drug-likeness (QED) is 0.933. The lowest BCUT2D eigenvalue weighted by atomic mass is 10.2. The Labute approximate surface area is 124 Å². The van der Waals surface area contributed by atoms with E-state index in [4.69, 9.17) is 4.74 Å². The number of benzene rings is 1. The van der Waals surface area contributed by atoms with Crippen molar-refractivity contribution < 1.29 is 18.7 Å². The topological polar surface area (TPSA) is 58.6 Å². The molecule has 0 heterocycles. The number of aryl methyl sites for hydroxylation is 1. The van der Waals surface area contributed by atoms with Crippen molar-refractivity contribution in [1.29, 1.82) is 0 Å².